The number of hydrogen-bond acceptors (Lipinski definition) is 5. The van der Waals surface area contributed by atoms with Crippen molar-refractivity contribution in [1.29, 1.82) is 0 Å². The van der Waals surface area contributed by atoms with E-state index in [1.807, 2.05) is 31.3 Å². The Morgan fingerprint density at radius 2 is 1.57 bits per heavy atom. The molecule has 35 heavy (non-hydrogen) atoms. The summed E-state index contributed by atoms with van der Waals surface area (Å²) in [6, 6.07) is 20.6. The van der Waals surface area contributed by atoms with Gasteiger partial charge in [-0.25, -0.2) is 4.39 Å². The van der Waals surface area contributed by atoms with Gasteiger partial charge in [0, 0.05) is 24.0 Å². The lowest BCUT2D eigenvalue weighted by Crippen LogP contribution is -2.14. The van der Waals surface area contributed by atoms with Gasteiger partial charge in [0.25, 0.3) is 5.91 Å². The molecular weight excluding hydrogens is 465 g/mol. The summed E-state index contributed by atoms with van der Waals surface area (Å²) in [5.74, 6) is -0.405. The summed E-state index contributed by atoms with van der Waals surface area (Å²) in [6.45, 7) is 2.08. The summed E-state index contributed by atoms with van der Waals surface area (Å²) in [5.41, 5.74) is 3.27. The number of aryl methyl sites for hydroxylation is 1. The van der Waals surface area contributed by atoms with Crippen molar-refractivity contribution in [1.82, 2.24) is 14.8 Å². The molecule has 0 saturated carbocycles. The zero-order valence-corrected chi connectivity index (χ0v) is 20.1. The molecular formula is C26H24FN5O2S. The van der Waals surface area contributed by atoms with Crippen LogP contribution in [0.25, 0.3) is 11.4 Å². The Kier molecular flexibility index (Phi) is 7.57. The van der Waals surface area contributed by atoms with E-state index in [4.69, 9.17) is 0 Å². The molecule has 2 N–H and O–H groups in total. The standard InChI is InChI=1S/C26H24FN5O2S/c1-3-17-8-12-19(13-9-17)28-23(33)16-35-26-31-30-24(32(26)2)18-10-14-20(15-11-18)29-25(34)21-6-4-5-7-22(21)27/h4-15H,3,16H2,1-2H3,(H,28,33)(H,29,34). The normalized spacial score (nSPS) is 10.7. The number of anilines is 2. The van der Waals surface area contributed by atoms with Gasteiger partial charge in [-0.15, -0.1) is 10.2 Å². The maximum Gasteiger partial charge on any atom is 0.258 e. The maximum atomic E-state index is 13.8. The van der Waals surface area contributed by atoms with Crippen LogP contribution in [0.1, 0.15) is 22.8 Å². The second-order valence-corrected chi connectivity index (χ2v) is 8.71. The van der Waals surface area contributed by atoms with Crippen LogP contribution < -0.4 is 10.6 Å². The molecule has 3 aromatic carbocycles. The quantitative estimate of drug-likeness (QED) is 0.334. The summed E-state index contributed by atoms with van der Waals surface area (Å²) < 4.78 is 15.6. The zero-order chi connectivity index (χ0) is 24.8. The van der Waals surface area contributed by atoms with Crippen molar-refractivity contribution >= 4 is 35.0 Å². The van der Waals surface area contributed by atoms with Crippen LogP contribution in [0.5, 0.6) is 0 Å². The largest absolute Gasteiger partial charge is 0.325 e. The molecule has 0 unspecified atom stereocenters. The third-order valence-corrected chi connectivity index (χ3v) is 6.35. The number of aromatic nitrogens is 3. The number of rotatable bonds is 8. The summed E-state index contributed by atoms with van der Waals surface area (Å²) in [6.07, 6.45) is 0.948. The second kappa shape index (κ2) is 11.0. The molecule has 0 spiro atoms. The summed E-state index contributed by atoms with van der Waals surface area (Å²) in [4.78, 5) is 24.6. The fourth-order valence-electron chi connectivity index (χ4n) is 3.39. The van der Waals surface area contributed by atoms with Crippen molar-refractivity contribution in [2.24, 2.45) is 7.05 Å². The Morgan fingerprint density at radius 1 is 0.914 bits per heavy atom. The highest BCUT2D eigenvalue weighted by Gasteiger charge is 2.14. The summed E-state index contributed by atoms with van der Waals surface area (Å²) in [5, 5.41) is 14.6. The number of hydrogen-bond donors (Lipinski definition) is 2. The van der Waals surface area contributed by atoms with E-state index >= 15 is 0 Å². The minimum atomic E-state index is -0.575. The van der Waals surface area contributed by atoms with Crippen LogP contribution in [0.2, 0.25) is 0 Å². The van der Waals surface area contributed by atoms with Gasteiger partial charge < -0.3 is 15.2 Å². The molecule has 7 nitrogen and oxygen atoms in total. The van der Waals surface area contributed by atoms with E-state index in [0.29, 0.717) is 16.7 Å². The number of nitrogens with one attached hydrogen (secondary N) is 2. The Bertz CT molecular complexity index is 1340. The molecule has 0 atom stereocenters. The highest BCUT2D eigenvalue weighted by Crippen LogP contribution is 2.24. The van der Waals surface area contributed by atoms with Crippen LogP contribution in [0, 0.1) is 5.82 Å². The van der Waals surface area contributed by atoms with Crippen molar-refractivity contribution in [3.63, 3.8) is 0 Å². The molecule has 1 aromatic heterocycles. The zero-order valence-electron chi connectivity index (χ0n) is 19.3. The number of carbonyl (C=O) groups excluding carboxylic acids is 2. The number of nitrogens with zero attached hydrogens (tertiary/aromatic N) is 3. The van der Waals surface area contributed by atoms with E-state index in [9.17, 15) is 14.0 Å². The highest BCUT2D eigenvalue weighted by atomic mass is 32.2. The topological polar surface area (TPSA) is 88.9 Å². The van der Waals surface area contributed by atoms with Crippen molar-refractivity contribution in [2.75, 3.05) is 16.4 Å². The molecule has 4 aromatic rings. The highest BCUT2D eigenvalue weighted by molar-refractivity contribution is 7.99. The number of halogens is 1. The number of thioether (sulfide) groups is 1. The van der Waals surface area contributed by atoms with Gasteiger partial charge in [-0.1, -0.05) is 43.0 Å². The van der Waals surface area contributed by atoms with Crippen LogP contribution in [0.3, 0.4) is 0 Å². The Hall–Kier alpha value is -3.98. The molecule has 0 aliphatic heterocycles. The van der Waals surface area contributed by atoms with Gasteiger partial charge in [0.1, 0.15) is 5.82 Å². The minimum Gasteiger partial charge on any atom is -0.325 e. The van der Waals surface area contributed by atoms with E-state index in [2.05, 4.69) is 27.8 Å². The molecule has 0 saturated heterocycles. The average molecular weight is 490 g/mol. The Labute approximate surface area is 206 Å². The van der Waals surface area contributed by atoms with E-state index in [1.54, 1.807) is 34.9 Å². The lowest BCUT2D eigenvalue weighted by Gasteiger charge is -2.08. The fourth-order valence-corrected chi connectivity index (χ4v) is 4.10. The lowest BCUT2D eigenvalue weighted by atomic mass is 10.1. The van der Waals surface area contributed by atoms with Crippen LogP contribution >= 0.6 is 11.8 Å². The molecule has 9 heteroatoms. The van der Waals surface area contributed by atoms with E-state index < -0.39 is 11.7 Å². The van der Waals surface area contributed by atoms with Crippen molar-refractivity contribution in [2.45, 2.75) is 18.5 Å². The first-order valence-corrected chi connectivity index (χ1v) is 12.0. The molecule has 0 aliphatic carbocycles. The summed E-state index contributed by atoms with van der Waals surface area (Å²) in [7, 11) is 1.83. The first-order valence-electron chi connectivity index (χ1n) is 11.0. The van der Waals surface area contributed by atoms with Gasteiger partial charge in [-0.05, 0) is 60.5 Å². The number of carbonyl (C=O) groups is 2. The van der Waals surface area contributed by atoms with E-state index in [-0.39, 0.29) is 17.2 Å². The number of benzene rings is 3. The molecule has 4 rings (SSSR count). The monoisotopic (exact) mass is 489 g/mol. The van der Waals surface area contributed by atoms with Crippen molar-refractivity contribution in [3.8, 4) is 11.4 Å². The van der Waals surface area contributed by atoms with Crippen LogP contribution in [0.15, 0.2) is 78.0 Å². The first-order chi connectivity index (χ1) is 16.9. The second-order valence-electron chi connectivity index (χ2n) is 7.76. The molecule has 1 heterocycles. The van der Waals surface area contributed by atoms with Crippen LogP contribution in [-0.2, 0) is 18.3 Å². The van der Waals surface area contributed by atoms with Gasteiger partial charge in [0.15, 0.2) is 11.0 Å². The third-order valence-electron chi connectivity index (χ3n) is 5.33. The van der Waals surface area contributed by atoms with Gasteiger partial charge in [0.05, 0.1) is 11.3 Å². The predicted molar refractivity (Wildman–Crippen MR) is 136 cm³/mol. The van der Waals surface area contributed by atoms with E-state index in [0.717, 1.165) is 17.7 Å². The summed E-state index contributed by atoms with van der Waals surface area (Å²) >= 11 is 1.29. The molecule has 0 bridgehead atoms. The van der Waals surface area contributed by atoms with Crippen molar-refractivity contribution in [3.05, 3.63) is 89.7 Å². The maximum absolute atomic E-state index is 13.8. The van der Waals surface area contributed by atoms with Gasteiger partial charge in [0.2, 0.25) is 5.91 Å². The molecule has 0 radical (unpaired) electrons. The molecule has 2 amide bonds. The minimum absolute atomic E-state index is 0.0199. The molecule has 0 aliphatic rings. The smallest absolute Gasteiger partial charge is 0.258 e. The fraction of sp³-hybridized carbons (Fsp3) is 0.154. The van der Waals surface area contributed by atoms with E-state index in [1.165, 1.54) is 35.5 Å². The number of amides is 2. The van der Waals surface area contributed by atoms with Gasteiger partial charge >= 0.3 is 0 Å². The van der Waals surface area contributed by atoms with Gasteiger partial charge in [-0.3, -0.25) is 9.59 Å². The third kappa shape index (κ3) is 5.93. The Morgan fingerprint density at radius 3 is 2.26 bits per heavy atom. The molecule has 178 valence electrons. The van der Waals surface area contributed by atoms with Crippen LogP contribution in [-0.4, -0.2) is 32.3 Å². The lowest BCUT2D eigenvalue weighted by molar-refractivity contribution is -0.113. The predicted octanol–water partition coefficient (Wildman–Crippen LogP) is 5.17. The van der Waals surface area contributed by atoms with Crippen LogP contribution in [0.4, 0.5) is 15.8 Å². The average Bonchev–Trinajstić information content (AvgIpc) is 3.24. The first kappa shape index (κ1) is 24.2. The van der Waals surface area contributed by atoms with Crippen molar-refractivity contribution < 1.29 is 14.0 Å². The SMILES string of the molecule is CCc1ccc(NC(=O)CSc2nnc(-c3ccc(NC(=O)c4ccccc4F)cc3)n2C)cc1. The van der Waals surface area contributed by atoms with Gasteiger partial charge in [-0.2, -0.15) is 0 Å². The Balaban J connectivity index is 1.36. The molecule has 0 fully saturated rings.